The highest BCUT2D eigenvalue weighted by atomic mass is 35.5. The van der Waals surface area contributed by atoms with E-state index in [2.05, 4.69) is 5.32 Å². The van der Waals surface area contributed by atoms with Crippen LogP contribution in [0.5, 0.6) is 0 Å². The third kappa shape index (κ3) is 3.66. The van der Waals surface area contributed by atoms with Crippen molar-refractivity contribution in [3.05, 3.63) is 58.6 Å². The SMILES string of the molecule is Nc1cccc(C(=O)Nc2cc(C(F)(F)F)ccc2Cl)c1. The van der Waals surface area contributed by atoms with Crippen molar-refractivity contribution in [1.82, 2.24) is 0 Å². The van der Waals surface area contributed by atoms with E-state index in [0.29, 0.717) is 5.69 Å². The number of rotatable bonds is 2. The minimum atomic E-state index is -4.51. The maximum Gasteiger partial charge on any atom is 0.416 e. The smallest absolute Gasteiger partial charge is 0.399 e. The Morgan fingerprint density at radius 2 is 1.86 bits per heavy atom. The van der Waals surface area contributed by atoms with Crippen molar-refractivity contribution >= 4 is 28.9 Å². The first-order chi connectivity index (χ1) is 9.77. The normalized spacial score (nSPS) is 11.2. The van der Waals surface area contributed by atoms with E-state index in [4.69, 9.17) is 17.3 Å². The maximum absolute atomic E-state index is 12.6. The second kappa shape index (κ2) is 5.65. The van der Waals surface area contributed by atoms with E-state index in [1.54, 1.807) is 12.1 Å². The molecule has 0 unspecified atom stereocenters. The number of halogens is 4. The number of benzene rings is 2. The van der Waals surface area contributed by atoms with Gasteiger partial charge in [0.1, 0.15) is 0 Å². The Kier molecular flexibility index (Phi) is 4.09. The lowest BCUT2D eigenvalue weighted by Crippen LogP contribution is -2.13. The molecule has 0 atom stereocenters. The first kappa shape index (κ1) is 15.2. The average Bonchev–Trinajstić information content (AvgIpc) is 2.40. The van der Waals surface area contributed by atoms with Crippen LogP contribution in [0.1, 0.15) is 15.9 Å². The van der Waals surface area contributed by atoms with E-state index in [9.17, 15) is 18.0 Å². The van der Waals surface area contributed by atoms with Crippen LogP contribution in [-0.4, -0.2) is 5.91 Å². The molecule has 3 nitrogen and oxygen atoms in total. The molecule has 0 saturated heterocycles. The fraction of sp³-hybridized carbons (Fsp3) is 0.0714. The lowest BCUT2D eigenvalue weighted by Gasteiger charge is -2.11. The van der Waals surface area contributed by atoms with Gasteiger partial charge in [-0.05, 0) is 36.4 Å². The van der Waals surface area contributed by atoms with Crippen molar-refractivity contribution in [3.63, 3.8) is 0 Å². The first-order valence-corrected chi connectivity index (χ1v) is 6.19. The fourth-order valence-corrected chi connectivity index (χ4v) is 1.84. The molecule has 2 aromatic carbocycles. The summed E-state index contributed by atoms with van der Waals surface area (Å²) in [6, 6.07) is 8.78. The molecule has 2 aromatic rings. The van der Waals surface area contributed by atoms with Crippen LogP contribution in [0.15, 0.2) is 42.5 Å². The molecule has 2 rings (SSSR count). The molecule has 0 aliphatic carbocycles. The summed E-state index contributed by atoms with van der Waals surface area (Å²) < 4.78 is 37.9. The molecule has 0 aliphatic heterocycles. The first-order valence-electron chi connectivity index (χ1n) is 5.81. The number of carbonyl (C=O) groups excluding carboxylic acids is 1. The second-order valence-electron chi connectivity index (χ2n) is 4.27. The van der Waals surface area contributed by atoms with Gasteiger partial charge in [-0.15, -0.1) is 0 Å². The van der Waals surface area contributed by atoms with Gasteiger partial charge in [0.15, 0.2) is 0 Å². The highest BCUT2D eigenvalue weighted by Crippen LogP contribution is 2.33. The number of nitrogens with two attached hydrogens (primary N) is 1. The summed E-state index contributed by atoms with van der Waals surface area (Å²) in [6.45, 7) is 0. The van der Waals surface area contributed by atoms with Gasteiger partial charge in [-0.25, -0.2) is 0 Å². The zero-order valence-electron chi connectivity index (χ0n) is 10.5. The molecule has 0 radical (unpaired) electrons. The Morgan fingerprint density at radius 1 is 1.14 bits per heavy atom. The fourth-order valence-electron chi connectivity index (χ4n) is 1.67. The minimum absolute atomic E-state index is 0.0141. The predicted molar refractivity (Wildman–Crippen MR) is 75.3 cm³/mol. The zero-order chi connectivity index (χ0) is 15.6. The van der Waals surface area contributed by atoms with Crippen LogP contribution >= 0.6 is 11.6 Å². The van der Waals surface area contributed by atoms with Gasteiger partial charge in [0.2, 0.25) is 0 Å². The summed E-state index contributed by atoms with van der Waals surface area (Å²) in [5.74, 6) is -0.594. The number of nitrogen functional groups attached to an aromatic ring is 1. The molecule has 3 N–H and O–H groups in total. The van der Waals surface area contributed by atoms with Crippen LogP contribution in [-0.2, 0) is 6.18 Å². The zero-order valence-corrected chi connectivity index (χ0v) is 11.3. The van der Waals surface area contributed by atoms with Crippen LogP contribution < -0.4 is 11.1 Å². The van der Waals surface area contributed by atoms with Crippen molar-refractivity contribution < 1.29 is 18.0 Å². The van der Waals surface area contributed by atoms with Crippen LogP contribution in [0.25, 0.3) is 0 Å². The third-order valence-corrected chi connectivity index (χ3v) is 3.02. The van der Waals surface area contributed by atoms with E-state index in [0.717, 1.165) is 18.2 Å². The van der Waals surface area contributed by atoms with Gasteiger partial charge < -0.3 is 11.1 Å². The largest absolute Gasteiger partial charge is 0.416 e. The molecule has 0 saturated carbocycles. The van der Waals surface area contributed by atoms with Gasteiger partial charge in [-0.2, -0.15) is 13.2 Å². The number of amides is 1. The number of alkyl halides is 3. The number of nitrogens with one attached hydrogen (secondary N) is 1. The second-order valence-corrected chi connectivity index (χ2v) is 4.68. The molecular weight excluding hydrogens is 305 g/mol. The molecule has 110 valence electrons. The Balaban J connectivity index is 2.29. The van der Waals surface area contributed by atoms with E-state index < -0.39 is 17.6 Å². The number of anilines is 2. The lowest BCUT2D eigenvalue weighted by molar-refractivity contribution is -0.137. The maximum atomic E-state index is 12.6. The van der Waals surface area contributed by atoms with Gasteiger partial charge in [0.05, 0.1) is 16.3 Å². The van der Waals surface area contributed by atoms with Crippen molar-refractivity contribution in [3.8, 4) is 0 Å². The molecule has 0 bridgehead atoms. The molecule has 0 heterocycles. The minimum Gasteiger partial charge on any atom is -0.399 e. The van der Waals surface area contributed by atoms with Gasteiger partial charge in [-0.1, -0.05) is 17.7 Å². The van der Waals surface area contributed by atoms with E-state index in [1.807, 2.05) is 0 Å². The quantitative estimate of drug-likeness (QED) is 0.816. The predicted octanol–water partition coefficient (Wildman–Crippen LogP) is 4.19. The van der Waals surface area contributed by atoms with Crippen LogP contribution in [0.2, 0.25) is 5.02 Å². The van der Waals surface area contributed by atoms with Gasteiger partial charge in [0.25, 0.3) is 5.91 Å². The van der Waals surface area contributed by atoms with Crippen LogP contribution in [0.3, 0.4) is 0 Å². The molecule has 0 aromatic heterocycles. The molecular formula is C14H10ClF3N2O. The average molecular weight is 315 g/mol. The van der Waals surface area contributed by atoms with Crippen molar-refractivity contribution in [2.24, 2.45) is 0 Å². The summed E-state index contributed by atoms with van der Waals surface area (Å²) in [4.78, 5) is 12.0. The van der Waals surface area contributed by atoms with Crippen LogP contribution in [0.4, 0.5) is 24.5 Å². The number of carbonyl (C=O) groups is 1. The van der Waals surface area contributed by atoms with Crippen molar-refractivity contribution in [2.75, 3.05) is 11.1 Å². The topological polar surface area (TPSA) is 55.1 Å². The molecule has 0 aliphatic rings. The standard InChI is InChI=1S/C14H10ClF3N2O/c15-11-5-4-9(14(16,17)18)7-12(11)20-13(21)8-2-1-3-10(19)6-8/h1-7H,19H2,(H,20,21). The Morgan fingerprint density at radius 3 is 2.48 bits per heavy atom. The van der Waals surface area contributed by atoms with Gasteiger partial charge in [0, 0.05) is 11.3 Å². The highest BCUT2D eigenvalue weighted by molar-refractivity contribution is 6.34. The van der Waals surface area contributed by atoms with Crippen molar-refractivity contribution in [2.45, 2.75) is 6.18 Å². The van der Waals surface area contributed by atoms with Gasteiger partial charge >= 0.3 is 6.18 Å². The van der Waals surface area contributed by atoms with E-state index in [-0.39, 0.29) is 16.3 Å². The van der Waals surface area contributed by atoms with Crippen molar-refractivity contribution in [1.29, 1.82) is 0 Å². The molecule has 0 fully saturated rings. The number of hydrogen-bond donors (Lipinski definition) is 2. The number of hydrogen-bond acceptors (Lipinski definition) is 2. The molecule has 1 amide bonds. The third-order valence-electron chi connectivity index (χ3n) is 2.69. The van der Waals surface area contributed by atoms with Crippen LogP contribution in [0, 0.1) is 0 Å². The highest BCUT2D eigenvalue weighted by Gasteiger charge is 2.31. The summed E-state index contributed by atoms with van der Waals surface area (Å²) >= 11 is 5.80. The molecule has 21 heavy (non-hydrogen) atoms. The monoisotopic (exact) mass is 314 g/mol. The Labute approximate surface area is 123 Å². The Hall–Kier alpha value is -2.21. The summed E-state index contributed by atoms with van der Waals surface area (Å²) in [7, 11) is 0. The van der Waals surface area contributed by atoms with Gasteiger partial charge in [-0.3, -0.25) is 4.79 Å². The Bertz CT molecular complexity index is 686. The van der Waals surface area contributed by atoms with E-state index >= 15 is 0 Å². The summed E-state index contributed by atoms with van der Waals surface area (Å²) in [6.07, 6.45) is -4.51. The lowest BCUT2D eigenvalue weighted by atomic mass is 10.1. The molecule has 0 spiro atoms. The van der Waals surface area contributed by atoms with E-state index in [1.165, 1.54) is 12.1 Å². The summed E-state index contributed by atoms with van der Waals surface area (Å²) in [5.41, 5.74) is 5.14. The summed E-state index contributed by atoms with van der Waals surface area (Å²) in [5, 5.41) is 2.35. The molecule has 7 heteroatoms.